The summed E-state index contributed by atoms with van der Waals surface area (Å²) < 4.78 is 0. The molecule has 0 amide bonds. The van der Waals surface area contributed by atoms with Crippen LogP contribution in [0.5, 0.6) is 0 Å². The Morgan fingerprint density at radius 1 is 1.45 bits per heavy atom. The molecular weight excluding hydrogens is 136 g/mol. The Hall–Kier alpha value is -0.560. The molecule has 0 aromatic carbocycles. The maximum absolute atomic E-state index is 8.89. The van der Waals surface area contributed by atoms with Crippen molar-refractivity contribution >= 4 is 0 Å². The van der Waals surface area contributed by atoms with E-state index in [0.717, 1.165) is 12.8 Å². The first-order chi connectivity index (χ1) is 5.24. The maximum atomic E-state index is 8.89. The average molecular weight is 152 g/mol. The van der Waals surface area contributed by atoms with E-state index in [-0.39, 0.29) is 6.61 Å². The van der Waals surface area contributed by atoms with Gasteiger partial charge in [0.25, 0.3) is 0 Å². The molecule has 1 rings (SSSR count). The van der Waals surface area contributed by atoms with Crippen molar-refractivity contribution in [2.45, 2.75) is 26.7 Å². The van der Waals surface area contributed by atoms with Crippen molar-refractivity contribution in [3.63, 3.8) is 0 Å². The molecule has 0 aromatic rings. The van der Waals surface area contributed by atoms with Gasteiger partial charge in [0.15, 0.2) is 0 Å². The zero-order valence-electron chi connectivity index (χ0n) is 7.30. The van der Waals surface area contributed by atoms with Gasteiger partial charge in [0.2, 0.25) is 0 Å². The summed E-state index contributed by atoms with van der Waals surface area (Å²) in [5.74, 6) is 0.347. The molecule has 0 radical (unpaired) electrons. The van der Waals surface area contributed by atoms with Gasteiger partial charge in [-0.1, -0.05) is 30.2 Å². The van der Waals surface area contributed by atoms with E-state index >= 15 is 0 Å². The summed E-state index contributed by atoms with van der Waals surface area (Å²) in [5.41, 5.74) is 2.83. The van der Waals surface area contributed by atoms with Gasteiger partial charge in [-0.25, -0.2) is 0 Å². The smallest absolute Gasteiger partial charge is 0.0493 e. The molecule has 0 fully saturated rings. The van der Waals surface area contributed by atoms with Crippen LogP contribution >= 0.6 is 0 Å². The van der Waals surface area contributed by atoms with Crippen LogP contribution in [0.1, 0.15) is 26.7 Å². The number of hydrogen-bond donors (Lipinski definition) is 1. The minimum absolute atomic E-state index is 0.277. The third-order valence-electron chi connectivity index (χ3n) is 2.28. The van der Waals surface area contributed by atoms with E-state index in [1.54, 1.807) is 0 Å². The molecule has 0 saturated carbocycles. The monoisotopic (exact) mass is 152 g/mol. The van der Waals surface area contributed by atoms with Crippen molar-refractivity contribution in [1.29, 1.82) is 0 Å². The highest BCUT2D eigenvalue weighted by Crippen LogP contribution is 2.22. The van der Waals surface area contributed by atoms with Gasteiger partial charge in [-0.2, -0.15) is 0 Å². The molecule has 1 atom stereocenters. The van der Waals surface area contributed by atoms with E-state index < -0.39 is 0 Å². The van der Waals surface area contributed by atoms with E-state index in [1.165, 1.54) is 11.1 Å². The average Bonchev–Trinajstić information content (AvgIpc) is 2.05. The van der Waals surface area contributed by atoms with Crippen molar-refractivity contribution in [2.24, 2.45) is 5.92 Å². The van der Waals surface area contributed by atoms with Gasteiger partial charge in [-0.05, 0) is 19.8 Å². The summed E-state index contributed by atoms with van der Waals surface area (Å²) >= 11 is 0. The Labute approximate surface area is 68.4 Å². The lowest BCUT2D eigenvalue weighted by molar-refractivity contribution is 0.254. The largest absolute Gasteiger partial charge is 0.396 e. The molecule has 0 saturated heterocycles. The summed E-state index contributed by atoms with van der Waals surface area (Å²) in [7, 11) is 0. The van der Waals surface area contributed by atoms with Crippen LogP contribution in [-0.4, -0.2) is 11.7 Å². The Balaban J connectivity index is 2.51. The number of rotatable bonds is 2. The van der Waals surface area contributed by atoms with Crippen molar-refractivity contribution in [3.05, 3.63) is 23.3 Å². The molecular formula is C10H16O. The lowest BCUT2D eigenvalue weighted by Gasteiger charge is -2.15. The molecule has 0 spiro atoms. The third kappa shape index (κ3) is 2.19. The maximum Gasteiger partial charge on any atom is 0.0493 e. The predicted molar refractivity (Wildman–Crippen MR) is 47.3 cm³/mol. The van der Waals surface area contributed by atoms with E-state index in [2.05, 4.69) is 26.0 Å². The topological polar surface area (TPSA) is 20.2 Å². The first-order valence-electron chi connectivity index (χ1n) is 4.19. The Bertz CT molecular complexity index is 189. The highest BCUT2D eigenvalue weighted by molar-refractivity contribution is 5.21. The number of aliphatic hydroxyl groups excluding tert-OH is 1. The van der Waals surface area contributed by atoms with Gasteiger partial charge in [0, 0.05) is 12.5 Å². The second kappa shape index (κ2) is 3.72. The quantitative estimate of drug-likeness (QED) is 0.602. The van der Waals surface area contributed by atoms with Crippen molar-refractivity contribution in [2.75, 3.05) is 6.61 Å². The fourth-order valence-electron chi connectivity index (χ4n) is 1.27. The summed E-state index contributed by atoms with van der Waals surface area (Å²) in [4.78, 5) is 0. The number of hydrogen-bond acceptors (Lipinski definition) is 1. The Morgan fingerprint density at radius 2 is 2.18 bits per heavy atom. The zero-order chi connectivity index (χ0) is 8.27. The Morgan fingerprint density at radius 3 is 2.64 bits per heavy atom. The molecule has 1 aliphatic carbocycles. The third-order valence-corrected chi connectivity index (χ3v) is 2.28. The normalized spacial score (nSPS) is 20.6. The van der Waals surface area contributed by atoms with E-state index in [9.17, 15) is 0 Å². The minimum atomic E-state index is 0.277. The summed E-state index contributed by atoms with van der Waals surface area (Å²) in [6.45, 7) is 4.50. The first-order valence-corrected chi connectivity index (χ1v) is 4.19. The summed E-state index contributed by atoms with van der Waals surface area (Å²) in [6, 6.07) is 0. The van der Waals surface area contributed by atoms with Gasteiger partial charge in [-0.15, -0.1) is 0 Å². The highest BCUT2D eigenvalue weighted by Gasteiger charge is 2.08. The van der Waals surface area contributed by atoms with E-state index in [4.69, 9.17) is 5.11 Å². The van der Waals surface area contributed by atoms with Crippen LogP contribution in [0.2, 0.25) is 0 Å². The van der Waals surface area contributed by atoms with Crippen LogP contribution in [0.25, 0.3) is 0 Å². The second-order valence-corrected chi connectivity index (χ2v) is 3.32. The predicted octanol–water partition coefficient (Wildman–Crippen LogP) is 2.28. The molecule has 0 aromatic heterocycles. The summed E-state index contributed by atoms with van der Waals surface area (Å²) in [5, 5.41) is 8.89. The molecule has 1 unspecified atom stereocenters. The zero-order valence-corrected chi connectivity index (χ0v) is 7.30. The van der Waals surface area contributed by atoms with Crippen LogP contribution in [0, 0.1) is 5.92 Å². The minimum Gasteiger partial charge on any atom is -0.396 e. The molecule has 1 N–H and O–H groups in total. The van der Waals surface area contributed by atoms with Gasteiger partial charge in [0.05, 0.1) is 0 Å². The van der Waals surface area contributed by atoms with Gasteiger partial charge < -0.3 is 5.11 Å². The molecule has 1 aliphatic rings. The van der Waals surface area contributed by atoms with Crippen molar-refractivity contribution in [3.8, 4) is 0 Å². The molecule has 0 bridgehead atoms. The molecule has 1 nitrogen and oxygen atoms in total. The molecule has 1 heteroatoms. The summed E-state index contributed by atoms with van der Waals surface area (Å²) in [6.07, 6.45) is 6.60. The molecule has 0 heterocycles. The lowest BCUT2D eigenvalue weighted by Crippen LogP contribution is -2.06. The highest BCUT2D eigenvalue weighted by atomic mass is 16.3. The van der Waals surface area contributed by atoms with Crippen LogP contribution in [-0.2, 0) is 0 Å². The second-order valence-electron chi connectivity index (χ2n) is 3.32. The van der Waals surface area contributed by atoms with Crippen molar-refractivity contribution < 1.29 is 5.11 Å². The number of aliphatic hydroxyl groups is 1. The standard InChI is InChI=1S/C10H16O/c1-8-3-5-10(6-4-8)9(2)7-11/h3,6,9,11H,4-5,7H2,1-2H3. The van der Waals surface area contributed by atoms with Crippen LogP contribution in [0.15, 0.2) is 23.3 Å². The van der Waals surface area contributed by atoms with Crippen LogP contribution in [0.3, 0.4) is 0 Å². The SMILES string of the molecule is CC1=CCC(C(C)CO)=CC1. The van der Waals surface area contributed by atoms with Gasteiger partial charge in [-0.3, -0.25) is 0 Å². The number of allylic oxidation sites excluding steroid dienone is 3. The van der Waals surface area contributed by atoms with E-state index in [1.807, 2.05) is 0 Å². The van der Waals surface area contributed by atoms with Gasteiger partial charge >= 0.3 is 0 Å². The van der Waals surface area contributed by atoms with Crippen LogP contribution in [0.4, 0.5) is 0 Å². The Kier molecular flexibility index (Phi) is 2.89. The molecule has 11 heavy (non-hydrogen) atoms. The fourth-order valence-corrected chi connectivity index (χ4v) is 1.27. The fraction of sp³-hybridized carbons (Fsp3) is 0.600. The van der Waals surface area contributed by atoms with Gasteiger partial charge in [0.1, 0.15) is 0 Å². The molecule has 62 valence electrons. The molecule has 0 aliphatic heterocycles. The first kappa shape index (κ1) is 8.54. The van der Waals surface area contributed by atoms with E-state index in [0.29, 0.717) is 5.92 Å². The lowest BCUT2D eigenvalue weighted by atomic mass is 9.92. The van der Waals surface area contributed by atoms with Crippen molar-refractivity contribution in [1.82, 2.24) is 0 Å². The van der Waals surface area contributed by atoms with Crippen LogP contribution < -0.4 is 0 Å².